The molecule has 1 unspecified atom stereocenters. The molecule has 1 fully saturated rings. The highest BCUT2D eigenvalue weighted by molar-refractivity contribution is 4.98. The van der Waals surface area contributed by atoms with Crippen molar-refractivity contribution >= 4 is 0 Å². The van der Waals surface area contributed by atoms with Crippen LogP contribution in [-0.4, -0.2) is 22.1 Å². The highest BCUT2D eigenvalue weighted by atomic mass is 15.3. The third-order valence-corrected chi connectivity index (χ3v) is 4.07. The molecule has 1 saturated heterocycles. The Morgan fingerprint density at radius 3 is 2.06 bits per heavy atom. The highest BCUT2D eigenvalue weighted by Crippen LogP contribution is 2.39. The molecule has 0 amide bonds. The van der Waals surface area contributed by atoms with E-state index in [0.717, 1.165) is 6.42 Å². The Morgan fingerprint density at radius 1 is 1.12 bits per heavy atom. The topological polar surface area (TPSA) is 29.3 Å². The first kappa shape index (κ1) is 14.0. The number of hydrogen-bond acceptors (Lipinski definition) is 2. The second-order valence-corrected chi connectivity index (χ2v) is 6.56. The van der Waals surface area contributed by atoms with E-state index in [1.165, 1.54) is 32.1 Å². The van der Waals surface area contributed by atoms with Crippen LogP contribution in [0.3, 0.4) is 0 Å². The highest BCUT2D eigenvalue weighted by Gasteiger charge is 2.43. The Kier molecular flexibility index (Phi) is 4.42. The summed E-state index contributed by atoms with van der Waals surface area (Å²) in [5, 5.41) is 0. The van der Waals surface area contributed by atoms with E-state index in [4.69, 9.17) is 5.73 Å². The van der Waals surface area contributed by atoms with Crippen molar-refractivity contribution in [3.63, 3.8) is 0 Å². The normalized spacial score (nSPS) is 26.6. The molecule has 1 heterocycles. The van der Waals surface area contributed by atoms with E-state index in [0.29, 0.717) is 0 Å². The van der Waals surface area contributed by atoms with Gasteiger partial charge in [-0.05, 0) is 53.4 Å². The van der Waals surface area contributed by atoms with E-state index < -0.39 is 0 Å². The van der Waals surface area contributed by atoms with E-state index in [9.17, 15) is 0 Å². The van der Waals surface area contributed by atoms with E-state index >= 15 is 0 Å². The molecule has 0 spiro atoms. The minimum absolute atomic E-state index is 0.227. The summed E-state index contributed by atoms with van der Waals surface area (Å²) in [5.41, 5.74) is 6.93. The Labute approximate surface area is 102 Å². The second-order valence-electron chi connectivity index (χ2n) is 6.56. The number of likely N-dealkylation sites (tertiary alicyclic amines) is 1. The van der Waals surface area contributed by atoms with Gasteiger partial charge in [-0.3, -0.25) is 4.90 Å². The van der Waals surface area contributed by atoms with Gasteiger partial charge in [0.15, 0.2) is 0 Å². The van der Waals surface area contributed by atoms with Crippen molar-refractivity contribution in [1.29, 1.82) is 0 Å². The quantitative estimate of drug-likeness (QED) is 0.795. The smallest absolute Gasteiger partial charge is 0.0581 e. The van der Waals surface area contributed by atoms with E-state index in [2.05, 4.69) is 39.5 Å². The summed E-state index contributed by atoms with van der Waals surface area (Å²) in [7, 11) is 0. The third-order valence-electron chi connectivity index (χ3n) is 4.07. The van der Waals surface area contributed by atoms with Gasteiger partial charge in [0.2, 0.25) is 0 Å². The summed E-state index contributed by atoms with van der Waals surface area (Å²) < 4.78 is 0. The molecule has 2 nitrogen and oxygen atoms in total. The Hall–Kier alpha value is -0.0800. The van der Waals surface area contributed by atoms with Crippen molar-refractivity contribution in [2.24, 2.45) is 5.73 Å². The third kappa shape index (κ3) is 2.98. The number of nitrogens with two attached hydrogens (primary N) is 1. The van der Waals surface area contributed by atoms with Crippen molar-refractivity contribution in [3.8, 4) is 0 Å². The standard InChI is InChI=1S/C14H30N2/c1-6-7-9-12(15)16-13(2,3)10-8-11-14(16,4)5/h12H,6-11,15H2,1-5H3. The Balaban J connectivity index is 2.77. The number of unbranched alkanes of at least 4 members (excludes halogenated alkanes) is 1. The second kappa shape index (κ2) is 5.05. The van der Waals surface area contributed by atoms with Crippen LogP contribution >= 0.6 is 0 Å². The van der Waals surface area contributed by atoms with Crippen molar-refractivity contribution in [2.75, 3.05) is 0 Å². The maximum absolute atomic E-state index is 6.41. The van der Waals surface area contributed by atoms with E-state index in [1.807, 2.05) is 0 Å². The van der Waals surface area contributed by atoms with Gasteiger partial charge >= 0.3 is 0 Å². The predicted molar refractivity (Wildman–Crippen MR) is 71.3 cm³/mol. The molecule has 0 aromatic carbocycles. The van der Waals surface area contributed by atoms with Gasteiger partial charge in [-0.1, -0.05) is 19.8 Å². The molecule has 0 aromatic heterocycles. The first-order chi connectivity index (χ1) is 7.31. The van der Waals surface area contributed by atoms with Crippen molar-refractivity contribution in [2.45, 2.75) is 90.4 Å². The molecular formula is C14H30N2. The van der Waals surface area contributed by atoms with Gasteiger partial charge in [0, 0.05) is 11.1 Å². The van der Waals surface area contributed by atoms with E-state index in [-0.39, 0.29) is 17.2 Å². The number of hydrogen-bond donors (Lipinski definition) is 1. The fraction of sp³-hybridized carbons (Fsp3) is 1.00. The van der Waals surface area contributed by atoms with Crippen LogP contribution in [0, 0.1) is 0 Å². The maximum Gasteiger partial charge on any atom is 0.0581 e. The summed E-state index contributed by atoms with van der Waals surface area (Å²) in [5.74, 6) is 0. The summed E-state index contributed by atoms with van der Waals surface area (Å²) in [4.78, 5) is 2.57. The summed E-state index contributed by atoms with van der Waals surface area (Å²) in [6, 6.07) is 0. The average molecular weight is 226 g/mol. The van der Waals surface area contributed by atoms with Crippen LogP contribution in [0.5, 0.6) is 0 Å². The van der Waals surface area contributed by atoms with Crippen molar-refractivity contribution in [1.82, 2.24) is 4.90 Å². The molecule has 0 saturated carbocycles. The molecule has 1 aliphatic rings. The fourth-order valence-electron chi connectivity index (χ4n) is 3.45. The predicted octanol–water partition coefficient (Wildman–Crippen LogP) is 3.50. The minimum atomic E-state index is 0.227. The van der Waals surface area contributed by atoms with Crippen LogP contribution in [0.1, 0.15) is 73.1 Å². The van der Waals surface area contributed by atoms with Crippen LogP contribution in [0.2, 0.25) is 0 Å². The van der Waals surface area contributed by atoms with Crippen LogP contribution in [0.15, 0.2) is 0 Å². The fourth-order valence-corrected chi connectivity index (χ4v) is 3.45. The van der Waals surface area contributed by atoms with Gasteiger partial charge in [-0.2, -0.15) is 0 Å². The minimum Gasteiger partial charge on any atom is -0.316 e. The first-order valence-electron chi connectivity index (χ1n) is 6.86. The lowest BCUT2D eigenvalue weighted by Gasteiger charge is -2.55. The number of nitrogens with zero attached hydrogens (tertiary/aromatic N) is 1. The van der Waals surface area contributed by atoms with Gasteiger partial charge in [0.1, 0.15) is 0 Å². The molecule has 1 atom stereocenters. The zero-order valence-electron chi connectivity index (χ0n) is 11.8. The zero-order chi connectivity index (χ0) is 12.4. The molecule has 0 aliphatic carbocycles. The monoisotopic (exact) mass is 226 g/mol. The van der Waals surface area contributed by atoms with E-state index in [1.54, 1.807) is 0 Å². The van der Waals surface area contributed by atoms with Crippen LogP contribution in [0.4, 0.5) is 0 Å². The molecule has 2 heteroatoms. The maximum atomic E-state index is 6.41. The van der Waals surface area contributed by atoms with Crippen LogP contribution in [-0.2, 0) is 0 Å². The zero-order valence-corrected chi connectivity index (χ0v) is 11.8. The van der Waals surface area contributed by atoms with Gasteiger partial charge in [-0.15, -0.1) is 0 Å². The average Bonchev–Trinajstić information content (AvgIpc) is 2.11. The van der Waals surface area contributed by atoms with Crippen molar-refractivity contribution in [3.05, 3.63) is 0 Å². The summed E-state index contributed by atoms with van der Waals surface area (Å²) in [6.07, 6.45) is 7.71. The molecule has 1 aliphatic heterocycles. The van der Waals surface area contributed by atoms with Crippen LogP contribution in [0.25, 0.3) is 0 Å². The number of rotatable bonds is 4. The molecular weight excluding hydrogens is 196 g/mol. The molecule has 1 rings (SSSR count). The molecule has 0 bridgehead atoms. The lowest BCUT2D eigenvalue weighted by Crippen LogP contribution is -2.64. The van der Waals surface area contributed by atoms with Gasteiger partial charge < -0.3 is 5.73 Å². The molecule has 2 N–H and O–H groups in total. The lowest BCUT2D eigenvalue weighted by molar-refractivity contribution is -0.0622. The SMILES string of the molecule is CCCCC(N)N1C(C)(C)CCCC1(C)C. The number of piperidine rings is 1. The van der Waals surface area contributed by atoms with Gasteiger partial charge in [0.05, 0.1) is 6.17 Å². The Bertz CT molecular complexity index is 205. The first-order valence-corrected chi connectivity index (χ1v) is 6.86. The summed E-state index contributed by atoms with van der Waals surface area (Å²) in [6.45, 7) is 11.6. The molecule has 0 radical (unpaired) electrons. The molecule has 0 aromatic rings. The van der Waals surface area contributed by atoms with Gasteiger partial charge in [0.25, 0.3) is 0 Å². The largest absolute Gasteiger partial charge is 0.316 e. The van der Waals surface area contributed by atoms with Crippen LogP contribution < -0.4 is 5.73 Å². The van der Waals surface area contributed by atoms with Crippen molar-refractivity contribution < 1.29 is 0 Å². The lowest BCUT2D eigenvalue weighted by atomic mass is 9.79. The van der Waals surface area contributed by atoms with Gasteiger partial charge in [-0.25, -0.2) is 0 Å². The Morgan fingerprint density at radius 2 is 1.62 bits per heavy atom. The summed E-state index contributed by atoms with van der Waals surface area (Å²) >= 11 is 0. The molecule has 96 valence electrons. The molecule has 16 heavy (non-hydrogen) atoms.